The third-order valence-electron chi connectivity index (χ3n) is 23.8. The number of nitrogens with zero attached hydrogens (tertiary/aromatic N) is 4. The average Bonchev–Trinajstić information content (AvgIpc) is 1.58. The minimum atomic E-state index is -1.85. The first kappa shape index (κ1) is 108. The van der Waals surface area contributed by atoms with Gasteiger partial charge in [-0.25, -0.2) is 4.98 Å². The molecular formula is C91H129N23O20S2. The molecule has 1 saturated carbocycles. The number of aliphatic hydroxyl groups is 2. The molecule has 45 heteroatoms. The molecule has 2 fully saturated rings. The molecule has 0 bridgehead atoms. The van der Waals surface area contributed by atoms with Gasteiger partial charge in [-0.3, -0.25) is 86.9 Å². The van der Waals surface area contributed by atoms with Crippen LogP contribution in [0.25, 0.3) is 21.0 Å². The van der Waals surface area contributed by atoms with E-state index in [9.17, 15) is 68.1 Å². The Morgan fingerprint density at radius 3 is 1.82 bits per heavy atom. The lowest BCUT2D eigenvalue weighted by Crippen LogP contribution is -2.62. The number of nitrogens with one attached hydrogen (secondary N) is 16. The highest BCUT2D eigenvalue weighted by atomic mass is 32.2. The highest BCUT2D eigenvalue weighted by Gasteiger charge is 2.60. The molecule has 17 amide bonds. The summed E-state index contributed by atoms with van der Waals surface area (Å²) in [5.74, 6) is -18.1. The van der Waals surface area contributed by atoms with E-state index in [0.29, 0.717) is 59.0 Å². The number of thioether (sulfide) groups is 1. The first-order valence-corrected chi connectivity index (χ1v) is 47.3. The topological polar surface area (TPSA) is 663 Å². The molecule has 8 rings (SSSR count). The number of primary amides is 2. The van der Waals surface area contributed by atoms with Crippen molar-refractivity contribution in [3.05, 3.63) is 119 Å². The quantitative estimate of drug-likeness (QED) is 0.0159. The summed E-state index contributed by atoms with van der Waals surface area (Å²) in [7, 11) is 3.91. The van der Waals surface area contributed by atoms with Crippen LogP contribution in [0.2, 0.25) is 0 Å². The van der Waals surface area contributed by atoms with Gasteiger partial charge in [-0.05, 0) is 115 Å². The number of hydrogen-bond acceptors (Lipinski definition) is 24. The maximum absolute atomic E-state index is 15.8. The molecular weight excluding hydrogens is 1800 g/mol. The Labute approximate surface area is 795 Å². The molecule has 1 aliphatic heterocycles. The van der Waals surface area contributed by atoms with Crippen LogP contribution < -0.4 is 86.3 Å². The van der Waals surface area contributed by atoms with Crippen LogP contribution in [-0.2, 0) is 107 Å². The van der Waals surface area contributed by atoms with Crippen LogP contribution in [0.3, 0.4) is 0 Å². The van der Waals surface area contributed by atoms with Gasteiger partial charge in [0.1, 0.15) is 83.8 Å². The molecule has 3 unspecified atom stereocenters. The van der Waals surface area contributed by atoms with Gasteiger partial charge < -0.3 is 126 Å². The van der Waals surface area contributed by atoms with Crippen molar-refractivity contribution in [1.82, 2.24) is 98.8 Å². The number of carbonyl (C=O) groups is 17. The van der Waals surface area contributed by atoms with Gasteiger partial charge in [-0.2, -0.15) is 0 Å². The summed E-state index contributed by atoms with van der Waals surface area (Å²) < 4.78 is 0.819. The number of carbonyl (C=O) groups excluding carboxylic acids is 17. The second kappa shape index (κ2) is 52.0. The largest absolute Gasteiger partial charge is 0.508 e. The number of amides is 17. The van der Waals surface area contributed by atoms with Gasteiger partial charge in [0, 0.05) is 106 Å². The van der Waals surface area contributed by atoms with Gasteiger partial charge in [-0.15, -0.1) is 23.1 Å². The monoisotopic (exact) mass is 1930 g/mol. The number of guanidine groups is 1. The van der Waals surface area contributed by atoms with Gasteiger partial charge in [0.25, 0.3) is 0 Å². The van der Waals surface area contributed by atoms with E-state index < -0.39 is 240 Å². The Morgan fingerprint density at radius 2 is 1.18 bits per heavy atom. The Kier molecular flexibility index (Phi) is 41.3. The Balaban J connectivity index is 1.16. The number of H-pyrrole nitrogens is 2. The van der Waals surface area contributed by atoms with Crippen LogP contribution in [0.4, 0.5) is 0 Å². The van der Waals surface area contributed by atoms with Crippen molar-refractivity contribution < 1.29 is 96.8 Å². The van der Waals surface area contributed by atoms with Crippen molar-refractivity contribution in [2.45, 2.75) is 235 Å². The highest BCUT2D eigenvalue weighted by molar-refractivity contribution is 8.00. The number of unbranched alkanes of at least 4 members (excludes halogenated alkanes) is 2. The van der Waals surface area contributed by atoms with Crippen LogP contribution in [0.5, 0.6) is 5.75 Å². The number of β-amino-alcohol motifs (C(OH)–C–C–N with tert-alkyl or cyclic N) is 1. The normalized spacial score (nSPS) is 24.8. The average molecular weight is 1930 g/mol. The number of thiophene rings is 1. The van der Waals surface area contributed by atoms with E-state index in [-0.39, 0.29) is 88.8 Å². The predicted molar refractivity (Wildman–Crippen MR) is 505 cm³/mol. The summed E-state index contributed by atoms with van der Waals surface area (Å²) in [6.45, 7) is 7.79. The second-order valence-corrected chi connectivity index (χ2v) is 36.8. The number of likely N-dealkylation sites (N-methyl/N-ethyl adjacent to an activating group) is 3. The van der Waals surface area contributed by atoms with Gasteiger partial charge in [0.05, 0.1) is 37.8 Å². The number of aromatic nitrogens is 3. The number of fused-ring (bicyclic) bond motifs is 2. The standard InChI is InChI=1S/C91H129N23O20S2/c1-10-12-23-70-85(130)104-61(22-18-32-97-90(94)95)80(125)109-69(79(124)100-43-74(93)119)46-135-47-76(121)103-66(34-52-26-28-56(116)29-27-52)86(131)112(7)51(6)77(122)105-65(38-73(92)118)78(123)99-42-57(117)30-31-75(120)102-64(37-55-41-96-48-101-55)82(127)106-62(33-49(3)4)84(129)111-91(39-50(91)5)89(134)110-63(35-53-40-98-60-21-16-14-19-58(53)60)81(126)108-68(44-115)83(128)107-67(36-54-45-136-72-25-17-15-20-59(54)72)87(132)114(9)71(24-13-11-2)88(133)113(70)8/h14-17,19-21,25-29,40-41,45,48-51,57,61-71,98,115-117H,10-13,18,22-24,30-39,42-44,46-47H2,1-9H3,(H2,92,118)(H2,93,119)(H,96,101)(H,99,123)(H,100,124)(H,102,120)(H,103,121)(H,104,130)(H,105,122)(H,106,127)(H,107,128)(H,108,126)(H,109,125)(H,110,134)(H,111,129)(H4,94,95,97)/t50-,51-,57+,61-,62-,63?,64-,65-,66-,67-,68-,69?,70-,71-,91?/m0/s1. The Morgan fingerprint density at radius 1 is 0.596 bits per heavy atom. The summed E-state index contributed by atoms with van der Waals surface area (Å²) in [6.07, 6.45) is 1.74. The van der Waals surface area contributed by atoms with E-state index in [1.54, 1.807) is 62.7 Å². The maximum atomic E-state index is 15.8. The predicted octanol–water partition coefficient (Wildman–Crippen LogP) is -2.00. The lowest BCUT2D eigenvalue weighted by atomic mass is 10.00. The molecule has 3 aromatic carbocycles. The van der Waals surface area contributed by atoms with Crippen molar-refractivity contribution in [2.75, 3.05) is 58.9 Å². The van der Waals surface area contributed by atoms with Crippen LogP contribution in [0.1, 0.15) is 147 Å². The van der Waals surface area contributed by atoms with E-state index in [1.807, 2.05) is 32.0 Å². The van der Waals surface area contributed by atoms with Gasteiger partial charge in [0.15, 0.2) is 5.96 Å². The van der Waals surface area contributed by atoms with E-state index in [4.69, 9.17) is 22.6 Å². The van der Waals surface area contributed by atoms with E-state index in [0.717, 1.165) is 36.5 Å². The molecule has 43 nitrogen and oxygen atoms in total. The summed E-state index contributed by atoms with van der Waals surface area (Å²) >= 11 is 2.11. The number of imidazole rings is 1. The van der Waals surface area contributed by atoms with Crippen molar-refractivity contribution in [1.29, 1.82) is 5.41 Å². The van der Waals surface area contributed by atoms with Crippen molar-refractivity contribution >= 4 is 150 Å². The zero-order valence-corrected chi connectivity index (χ0v) is 79.4. The number of hydrogen-bond donors (Lipinski definition) is 22. The van der Waals surface area contributed by atoms with E-state index in [2.05, 4.69) is 84.1 Å². The van der Waals surface area contributed by atoms with Crippen molar-refractivity contribution in [2.24, 2.45) is 29.0 Å². The summed E-state index contributed by atoms with van der Waals surface area (Å²) in [5.41, 5.74) is 17.4. The summed E-state index contributed by atoms with van der Waals surface area (Å²) in [5, 5.41) is 77.9. The number of aliphatic hydroxyl groups excluding tert-OH is 2. The SMILES string of the molecule is CCCC[C@H]1C(=O)N(C)[C@@H](CCCC)C(=O)N[C@@H](CCCNC(=N)N)C(=O)NC(C(=O)NCC(N)=O)CSCC(=O)N[C@@H](Cc2ccc(O)cc2)C(=O)N(C)[C@@H](C)C(=O)N[C@@H](CC(N)=O)C(=O)NC[C@H](O)CCC(=O)N[C@@H](Cc2cnc[nH]2)C(=O)N[C@@H](CC(C)C)C(=O)NC2(C[C@@H]2C)C(=O)NC(Cc2c[nH]c3ccccc23)C(=O)N[C@@H](CO)C(=O)N[C@@H](Cc2csc3ccccc23)C(=O)N1C. The Bertz CT molecular complexity index is 5210. The molecule has 15 atom stereocenters. The number of nitrogens with two attached hydrogens (primary N) is 3. The highest BCUT2D eigenvalue weighted by Crippen LogP contribution is 2.44. The zero-order valence-electron chi connectivity index (χ0n) is 77.8. The first-order chi connectivity index (χ1) is 64.6. The number of phenols is 1. The maximum Gasteiger partial charge on any atom is 0.246 e. The number of phenolic OH excluding ortho intramolecular Hbond substituents is 1. The summed E-state index contributed by atoms with van der Waals surface area (Å²) in [4.78, 5) is 260. The number of aromatic hydroxyl groups is 1. The third kappa shape index (κ3) is 31.7. The molecule has 0 radical (unpaired) electrons. The fourth-order valence-corrected chi connectivity index (χ4v) is 17.6. The first-order valence-electron chi connectivity index (χ1n) is 45.3. The lowest BCUT2D eigenvalue weighted by molar-refractivity contribution is -0.149. The number of para-hydroxylation sites is 1. The van der Waals surface area contributed by atoms with Crippen LogP contribution >= 0.6 is 23.1 Å². The molecule has 740 valence electrons. The molecule has 4 heterocycles. The molecule has 25 N–H and O–H groups in total. The second-order valence-electron chi connectivity index (χ2n) is 34.8. The van der Waals surface area contributed by atoms with Crippen LogP contribution in [0.15, 0.2) is 96.9 Å². The molecule has 6 aromatic rings. The summed E-state index contributed by atoms with van der Waals surface area (Å²) in [6, 6.07) is 1.48. The van der Waals surface area contributed by atoms with E-state index >= 15 is 28.8 Å². The van der Waals surface area contributed by atoms with Gasteiger partial charge in [-0.1, -0.05) is 109 Å². The molecule has 136 heavy (non-hydrogen) atoms. The van der Waals surface area contributed by atoms with Crippen LogP contribution in [-0.4, -0.2) is 294 Å². The molecule has 1 aliphatic carbocycles. The minimum absolute atomic E-state index is 0.000446. The molecule has 1 spiro atoms. The third-order valence-corrected chi connectivity index (χ3v) is 25.9. The number of benzene rings is 3. The fraction of sp³-hybridized carbons (Fsp3) is 0.527. The Hall–Kier alpha value is -13.3. The smallest absolute Gasteiger partial charge is 0.246 e. The lowest BCUT2D eigenvalue weighted by Gasteiger charge is -2.36. The zero-order chi connectivity index (χ0) is 99.8. The molecule has 3 aromatic heterocycles. The van der Waals surface area contributed by atoms with Crippen molar-refractivity contribution in [3.8, 4) is 5.75 Å². The van der Waals surface area contributed by atoms with Crippen molar-refractivity contribution in [3.63, 3.8) is 0 Å². The number of rotatable bonds is 26. The number of aromatic amines is 2. The van der Waals surface area contributed by atoms with Gasteiger partial charge in [0.2, 0.25) is 100 Å². The minimum Gasteiger partial charge on any atom is -0.508 e. The van der Waals surface area contributed by atoms with E-state index in [1.165, 1.54) is 76.2 Å². The molecule has 1 saturated heterocycles. The van der Waals surface area contributed by atoms with Gasteiger partial charge >= 0.3 is 0 Å². The van der Waals surface area contributed by atoms with Crippen LogP contribution in [0, 0.1) is 17.2 Å². The fourth-order valence-electron chi connectivity index (χ4n) is 15.7. The molecule has 2 aliphatic rings.